The van der Waals surface area contributed by atoms with E-state index in [1.807, 2.05) is 6.07 Å². The Morgan fingerprint density at radius 3 is 2.88 bits per heavy atom. The Bertz CT molecular complexity index is 911. The number of aromatic nitrogens is 3. The predicted octanol–water partition coefficient (Wildman–Crippen LogP) is 2.49. The lowest BCUT2D eigenvalue weighted by Gasteiger charge is -2.24. The fraction of sp³-hybridized carbons (Fsp3) is 0.278. The van der Waals surface area contributed by atoms with E-state index in [9.17, 15) is 4.79 Å². The molecule has 0 aliphatic carbocycles. The van der Waals surface area contributed by atoms with Crippen LogP contribution in [-0.2, 0) is 13.0 Å². The van der Waals surface area contributed by atoms with E-state index >= 15 is 0 Å². The fourth-order valence-electron chi connectivity index (χ4n) is 3.17. The van der Waals surface area contributed by atoms with Crippen molar-refractivity contribution in [1.82, 2.24) is 20.0 Å². The van der Waals surface area contributed by atoms with E-state index in [-0.39, 0.29) is 5.56 Å². The Morgan fingerprint density at radius 1 is 1.32 bits per heavy atom. The number of carboxylic acids is 1. The minimum absolute atomic E-state index is 0.264. The number of carbonyl (C=O) groups is 1. The molecule has 1 aliphatic heterocycles. The lowest BCUT2D eigenvalue weighted by molar-refractivity contribution is 0.0697. The summed E-state index contributed by atoms with van der Waals surface area (Å²) in [6.07, 6.45) is 0.495. The van der Waals surface area contributed by atoms with E-state index in [0.717, 1.165) is 24.3 Å². The second-order valence-electron chi connectivity index (χ2n) is 6.17. The van der Waals surface area contributed by atoms with Crippen LogP contribution in [0.1, 0.15) is 40.4 Å². The Hall–Kier alpha value is -2.93. The summed E-state index contributed by atoms with van der Waals surface area (Å²) in [6, 6.07) is 11.1. The van der Waals surface area contributed by atoms with Crippen LogP contribution in [0, 0.1) is 0 Å². The summed E-state index contributed by atoms with van der Waals surface area (Å²) in [4.78, 5) is 15.4. The molecule has 1 aliphatic rings. The van der Waals surface area contributed by atoms with Crippen molar-refractivity contribution in [2.24, 2.45) is 0 Å². The van der Waals surface area contributed by atoms with Crippen molar-refractivity contribution in [3.63, 3.8) is 0 Å². The smallest absolute Gasteiger partial charge is 0.335 e. The number of hydrogen-bond donors (Lipinski definition) is 2. The molecular formula is C18H18N4O3. The fourth-order valence-corrected chi connectivity index (χ4v) is 3.17. The molecule has 4 rings (SSSR count). The van der Waals surface area contributed by atoms with E-state index in [0.29, 0.717) is 24.2 Å². The van der Waals surface area contributed by atoms with E-state index in [1.165, 1.54) is 5.69 Å². The van der Waals surface area contributed by atoms with Crippen LogP contribution in [0.5, 0.6) is 0 Å². The molecule has 2 N–H and O–H groups in total. The van der Waals surface area contributed by atoms with Crippen molar-refractivity contribution in [3.05, 3.63) is 59.0 Å². The first-order chi connectivity index (χ1) is 12.1. The number of nitrogens with one attached hydrogen (secondary N) is 1. The van der Waals surface area contributed by atoms with Crippen molar-refractivity contribution in [2.75, 3.05) is 6.54 Å². The molecule has 0 radical (unpaired) electrons. The summed E-state index contributed by atoms with van der Waals surface area (Å²) in [5, 5.41) is 16.4. The molecule has 0 saturated heterocycles. The average molecular weight is 338 g/mol. The van der Waals surface area contributed by atoms with Gasteiger partial charge >= 0.3 is 5.97 Å². The maximum atomic E-state index is 10.9. The molecule has 0 bridgehead atoms. The SMILES string of the molecule is CC1NCCn2c(-c3nc(Cc4ccc(C(=O)O)cc4)no3)ccc21. The van der Waals surface area contributed by atoms with Gasteiger partial charge in [-0.15, -0.1) is 0 Å². The third-order valence-electron chi connectivity index (χ3n) is 4.49. The van der Waals surface area contributed by atoms with Gasteiger partial charge in [-0.1, -0.05) is 17.3 Å². The quantitative estimate of drug-likeness (QED) is 0.759. The number of benzene rings is 1. The lowest BCUT2D eigenvalue weighted by atomic mass is 10.1. The third kappa shape index (κ3) is 2.94. The largest absolute Gasteiger partial charge is 0.478 e. The summed E-state index contributed by atoms with van der Waals surface area (Å²) in [5.41, 5.74) is 3.35. The first-order valence-electron chi connectivity index (χ1n) is 8.20. The van der Waals surface area contributed by atoms with Gasteiger partial charge in [-0.2, -0.15) is 4.98 Å². The van der Waals surface area contributed by atoms with Crippen LogP contribution in [0.15, 0.2) is 40.9 Å². The first kappa shape index (κ1) is 15.6. The van der Waals surface area contributed by atoms with E-state index in [1.54, 1.807) is 24.3 Å². The molecular weight excluding hydrogens is 320 g/mol. The number of aromatic carboxylic acids is 1. The van der Waals surface area contributed by atoms with Gasteiger partial charge in [-0.25, -0.2) is 4.79 Å². The van der Waals surface area contributed by atoms with Crippen molar-refractivity contribution in [1.29, 1.82) is 0 Å². The zero-order chi connectivity index (χ0) is 17.4. The Morgan fingerprint density at radius 2 is 2.12 bits per heavy atom. The summed E-state index contributed by atoms with van der Waals surface area (Å²) < 4.78 is 7.66. The van der Waals surface area contributed by atoms with Crippen LogP contribution >= 0.6 is 0 Å². The van der Waals surface area contributed by atoms with E-state index in [4.69, 9.17) is 9.63 Å². The lowest BCUT2D eigenvalue weighted by Crippen LogP contribution is -2.31. The highest BCUT2D eigenvalue weighted by Crippen LogP contribution is 2.27. The van der Waals surface area contributed by atoms with Crippen LogP contribution in [0.3, 0.4) is 0 Å². The Balaban J connectivity index is 1.56. The molecule has 1 atom stereocenters. The van der Waals surface area contributed by atoms with E-state index < -0.39 is 5.97 Å². The molecule has 0 amide bonds. The zero-order valence-electron chi connectivity index (χ0n) is 13.8. The molecule has 25 heavy (non-hydrogen) atoms. The van der Waals surface area contributed by atoms with Gasteiger partial charge in [0.2, 0.25) is 0 Å². The van der Waals surface area contributed by atoms with Crippen molar-refractivity contribution in [2.45, 2.75) is 25.9 Å². The topological polar surface area (TPSA) is 93.2 Å². The van der Waals surface area contributed by atoms with Crippen LogP contribution in [-0.4, -0.2) is 32.3 Å². The van der Waals surface area contributed by atoms with Crippen molar-refractivity contribution in [3.8, 4) is 11.6 Å². The van der Waals surface area contributed by atoms with Gasteiger partial charge in [0.15, 0.2) is 5.82 Å². The van der Waals surface area contributed by atoms with Crippen LogP contribution in [0.2, 0.25) is 0 Å². The third-order valence-corrected chi connectivity index (χ3v) is 4.49. The number of hydrogen-bond acceptors (Lipinski definition) is 5. The van der Waals surface area contributed by atoms with Gasteiger partial charge in [0.1, 0.15) is 5.69 Å². The molecule has 2 aromatic heterocycles. The molecule has 3 aromatic rings. The summed E-state index contributed by atoms with van der Waals surface area (Å²) in [7, 11) is 0. The van der Waals surface area contributed by atoms with Gasteiger partial charge in [-0.3, -0.25) is 0 Å². The van der Waals surface area contributed by atoms with Gasteiger partial charge < -0.3 is 19.5 Å². The molecule has 3 heterocycles. The molecule has 0 saturated carbocycles. The van der Waals surface area contributed by atoms with Gasteiger partial charge in [0.25, 0.3) is 5.89 Å². The summed E-state index contributed by atoms with van der Waals surface area (Å²) >= 11 is 0. The van der Waals surface area contributed by atoms with Gasteiger partial charge in [-0.05, 0) is 36.8 Å². The van der Waals surface area contributed by atoms with Crippen LogP contribution in [0.25, 0.3) is 11.6 Å². The Kier molecular flexibility index (Phi) is 3.85. The first-order valence-corrected chi connectivity index (χ1v) is 8.20. The highest BCUT2D eigenvalue weighted by Gasteiger charge is 2.21. The summed E-state index contributed by atoms with van der Waals surface area (Å²) in [5.74, 6) is 0.156. The Labute approximate surface area is 144 Å². The minimum atomic E-state index is -0.935. The van der Waals surface area contributed by atoms with Crippen molar-refractivity contribution >= 4 is 5.97 Å². The number of rotatable bonds is 4. The minimum Gasteiger partial charge on any atom is -0.478 e. The maximum Gasteiger partial charge on any atom is 0.335 e. The molecule has 0 spiro atoms. The zero-order valence-corrected chi connectivity index (χ0v) is 13.8. The molecule has 7 nitrogen and oxygen atoms in total. The highest BCUT2D eigenvalue weighted by atomic mass is 16.5. The van der Waals surface area contributed by atoms with Crippen LogP contribution in [0.4, 0.5) is 0 Å². The van der Waals surface area contributed by atoms with Gasteiger partial charge in [0.05, 0.1) is 5.56 Å². The standard InChI is InChI=1S/C18H18N4O3/c1-11-14-6-7-15(22(14)9-8-19-11)17-20-16(21-25-17)10-12-2-4-13(5-3-12)18(23)24/h2-7,11,19H,8-10H2,1H3,(H,23,24). The molecule has 1 aromatic carbocycles. The second kappa shape index (κ2) is 6.18. The monoisotopic (exact) mass is 338 g/mol. The number of carboxylic acid groups (broad SMARTS) is 1. The molecule has 0 fully saturated rings. The van der Waals surface area contributed by atoms with Crippen LogP contribution < -0.4 is 5.32 Å². The highest BCUT2D eigenvalue weighted by molar-refractivity contribution is 5.87. The second-order valence-corrected chi connectivity index (χ2v) is 6.17. The van der Waals surface area contributed by atoms with Crippen molar-refractivity contribution < 1.29 is 14.4 Å². The van der Waals surface area contributed by atoms with Gasteiger partial charge in [0, 0.05) is 31.2 Å². The number of fused-ring (bicyclic) bond motifs is 1. The normalized spacial score (nSPS) is 16.6. The average Bonchev–Trinajstić information content (AvgIpc) is 3.22. The predicted molar refractivity (Wildman–Crippen MR) is 90.3 cm³/mol. The maximum absolute atomic E-state index is 10.9. The summed E-state index contributed by atoms with van der Waals surface area (Å²) in [6.45, 7) is 3.91. The molecule has 128 valence electrons. The molecule has 7 heteroatoms. The van der Waals surface area contributed by atoms with E-state index in [2.05, 4.69) is 33.0 Å². The molecule has 1 unspecified atom stereocenters. The number of nitrogens with zero attached hydrogens (tertiary/aromatic N) is 3.